The van der Waals surface area contributed by atoms with Crippen LogP contribution in [0.15, 0.2) is 0 Å². The highest BCUT2D eigenvalue weighted by molar-refractivity contribution is 5.69. The van der Waals surface area contributed by atoms with Gasteiger partial charge in [0.15, 0.2) is 0 Å². The van der Waals surface area contributed by atoms with Crippen molar-refractivity contribution in [2.75, 3.05) is 19.6 Å². The predicted octanol–water partition coefficient (Wildman–Crippen LogP) is 1.46. The maximum atomic E-state index is 12.0. The van der Waals surface area contributed by atoms with Crippen LogP contribution in [-0.4, -0.2) is 42.3 Å². The van der Waals surface area contributed by atoms with E-state index in [-0.39, 0.29) is 6.09 Å². The van der Waals surface area contributed by atoms with Crippen molar-refractivity contribution in [1.82, 2.24) is 10.2 Å². The number of nitrogens with one attached hydrogen (secondary N) is 1. The minimum atomic E-state index is -0.396. The topological polar surface area (TPSA) is 41.6 Å². The smallest absolute Gasteiger partial charge is 0.410 e. The van der Waals surface area contributed by atoms with Crippen LogP contribution in [0.2, 0.25) is 0 Å². The molecule has 3 atom stereocenters. The number of rotatable bonds is 0. The summed E-state index contributed by atoms with van der Waals surface area (Å²) in [7, 11) is 0. The van der Waals surface area contributed by atoms with Gasteiger partial charge in [-0.05, 0) is 39.5 Å². The first kappa shape index (κ1) is 11.7. The minimum Gasteiger partial charge on any atom is -0.444 e. The van der Waals surface area contributed by atoms with Crippen LogP contribution in [0, 0.1) is 11.8 Å². The third-order valence-electron chi connectivity index (χ3n) is 3.56. The molecule has 0 bridgehead atoms. The van der Waals surface area contributed by atoms with E-state index in [2.05, 4.69) is 12.2 Å². The van der Waals surface area contributed by atoms with Gasteiger partial charge in [0.1, 0.15) is 5.60 Å². The number of hydrogen-bond acceptors (Lipinski definition) is 3. The summed E-state index contributed by atoms with van der Waals surface area (Å²) < 4.78 is 5.42. The number of nitrogens with zero attached hydrogens (tertiary/aromatic N) is 1. The van der Waals surface area contributed by atoms with Crippen LogP contribution in [0.3, 0.4) is 0 Å². The second-order valence-electron chi connectivity index (χ2n) is 5.96. The lowest BCUT2D eigenvalue weighted by Gasteiger charge is -2.28. The molecule has 4 heteroatoms. The first-order chi connectivity index (χ1) is 7.38. The molecule has 2 aliphatic rings. The highest BCUT2D eigenvalue weighted by Crippen LogP contribution is 2.33. The zero-order valence-corrected chi connectivity index (χ0v) is 10.6. The number of carbonyl (C=O) groups excluding carboxylic acids is 1. The normalized spacial score (nSPS) is 34.0. The van der Waals surface area contributed by atoms with Crippen molar-refractivity contribution in [2.24, 2.45) is 11.8 Å². The molecule has 0 saturated carbocycles. The van der Waals surface area contributed by atoms with Crippen LogP contribution in [0.25, 0.3) is 0 Å². The quantitative estimate of drug-likeness (QED) is 0.680. The average Bonchev–Trinajstić information content (AvgIpc) is 2.66. The maximum Gasteiger partial charge on any atom is 0.410 e. The van der Waals surface area contributed by atoms with Gasteiger partial charge in [-0.2, -0.15) is 0 Å². The van der Waals surface area contributed by atoms with E-state index in [9.17, 15) is 4.79 Å². The summed E-state index contributed by atoms with van der Waals surface area (Å²) in [5.74, 6) is 1.22. The van der Waals surface area contributed by atoms with E-state index in [1.54, 1.807) is 0 Å². The molecule has 1 amide bonds. The third-order valence-corrected chi connectivity index (χ3v) is 3.56. The van der Waals surface area contributed by atoms with Gasteiger partial charge < -0.3 is 15.0 Å². The Morgan fingerprint density at radius 3 is 2.62 bits per heavy atom. The summed E-state index contributed by atoms with van der Waals surface area (Å²) >= 11 is 0. The van der Waals surface area contributed by atoms with E-state index < -0.39 is 5.60 Å². The molecule has 2 heterocycles. The van der Waals surface area contributed by atoms with Crippen LogP contribution in [-0.2, 0) is 4.74 Å². The molecule has 2 aliphatic heterocycles. The van der Waals surface area contributed by atoms with Gasteiger partial charge in [-0.3, -0.25) is 0 Å². The van der Waals surface area contributed by atoms with Gasteiger partial charge in [0.2, 0.25) is 0 Å². The number of carbonyl (C=O) groups is 1. The van der Waals surface area contributed by atoms with Crippen LogP contribution in [0.5, 0.6) is 0 Å². The van der Waals surface area contributed by atoms with E-state index in [0.29, 0.717) is 17.9 Å². The molecule has 2 rings (SSSR count). The summed E-state index contributed by atoms with van der Waals surface area (Å²) in [6.07, 6.45) is -0.158. The number of fused-ring (bicyclic) bond motifs is 1. The second kappa shape index (κ2) is 3.91. The van der Waals surface area contributed by atoms with Gasteiger partial charge in [-0.15, -0.1) is 0 Å². The van der Waals surface area contributed by atoms with Gasteiger partial charge in [-0.1, -0.05) is 0 Å². The molecular formula is C12H22N2O2. The van der Waals surface area contributed by atoms with E-state index >= 15 is 0 Å². The molecule has 92 valence electrons. The Kier molecular flexibility index (Phi) is 2.86. The SMILES string of the molecule is CC1[C@H]2CNC[C@H]2CN1C(=O)OC(C)(C)C. The Bertz CT molecular complexity index is 285. The fourth-order valence-electron chi connectivity index (χ4n) is 2.73. The molecule has 0 aromatic carbocycles. The Morgan fingerprint density at radius 1 is 1.38 bits per heavy atom. The fraction of sp³-hybridized carbons (Fsp3) is 0.917. The van der Waals surface area contributed by atoms with Crippen molar-refractivity contribution in [2.45, 2.75) is 39.3 Å². The largest absolute Gasteiger partial charge is 0.444 e. The summed E-state index contributed by atoms with van der Waals surface area (Å²) in [6, 6.07) is 0.301. The first-order valence-electron chi connectivity index (χ1n) is 6.09. The number of likely N-dealkylation sites (tertiary alicyclic amines) is 1. The molecule has 1 unspecified atom stereocenters. The Balaban J connectivity index is 1.99. The molecular weight excluding hydrogens is 204 g/mol. The summed E-state index contributed by atoms with van der Waals surface area (Å²) in [4.78, 5) is 13.9. The number of hydrogen-bond donors (Lipinski definition) is 1. The average molecular weight is 226 g/mol. The lowest BCUT2D eigenvalue weighted by Crippen LogP contribution is -2.41. The third kappa shape index (κ3) is 2.17. The zero-order chi connectivity index (χ0) is 11.9. The van der Waals surface area contributed by atoms with Crippen LogP contribution in [0.1, 0.15) is 27.7 Å². The molecule has 1 N–H and O–H groups in total. The van der Waals surface area contributed by atoms with Crippen molar-refractivity contribution >= 4 is 6.09 Å². The van der Waals surface area contributed by atoms with Crippen LogP contribution in [0.4, 0.5) is 4.79 Å². The number of ether oxygens (including phenoxy) is 1. The number of amides is 1. The maximum absolute atomic E-state index is 12.0. The molecule has 16 heavy (non-hydrogen) atoms. The Morgan fingerprint density at radius 2 is 2.06 bits per heavy atom. The molecule has 0 spiro atoms. The van der Waals surface area contributed by atoms with Gasteiger partial charge >= 0.3 is 6.09 Å². The summed E-state index contributed by atoms with van der Waals surface area (Å²) in [5.41, 5.74) is -0.396. The first-order valence-corrected chi connectivity index (χ1v) is 6.09. The predicted molar refractivity (Wildman–Crippen MR) is 62.3 cm³/mol. The van der Waals surface area contributed by atoms with E-state index in [4.69, 9.17) is 4.74 Å². The van der Waals surface area contributed by atoms with E-state index in [1.165, 1.54) is 0 Å². The lowest BCUT2D eigenvalue weighted by molar-refractivity contribution is 0.0218. The van der Waals surface area contributed by atoms with E-state index in [1.807, 2.05) is 25.7 Å². The van der Waals surface area contributed by atoms with Crippen molar-refractivity contribution in [1.29, 1.82) is 0 Å². The molecule has 2 saturated heterocycles. The van der Waals surface area contributed by atoms with Crippen molar-refractivity contribution in [3.05, 3.63) is 0 Å². The Labute approximate surface area is 97.3 Å². The van der Waals surface area contributed by atoms with E-state index in [0.717, 1.165) is 19.6 Å². The molecule has 0 aromatic heterocycles. The minimum absolute atomic E-state index is 0.158. The molecule has 0 radical (unpaired) electrons. The second-order valence-corrected chi connectivity index (χ2v) is 5.96. The molecule has 0 aromatic rings. The molecule has 4 nitrogen and oxygen atoms in total. The monoisotopic (exact) mass is 226 g/mol. The standard InChI is InChI=1S/C12H22N2O2/c1-8-10-6-13-5-9(10)7-14(8)11(15)16-12(2,3)4/h8-10,13H,5-7H2,1-4H3/t8?,9-,10+/m0/s1. The van der Waals surface area contributed by atoms with Crippen LogP contribution < -0.4 is 5.32 Å². The van der Waals surface area contributed by atoms with Gasteiger partial charge in [-0.25, -0.2) is 4.79 Å². The lowest BCUT2D eigenvalue weighted by atomic mass is 9.95. The highest BCUT2D eigenvalue weighted by atomic mass is 16.6. The molecule has 0 aliphatic carbocycles. The highest BCUT2D eigenvalue weighted by Gasteiger charge is 2.44. The van der Waals surface area contributed by atoms with Gasteiger partial charge in [0, 0.05) is 25.7 Å². The summed E-state index contributed by atoms with van der Waals surface area (Å²) in [6.45, 7) is 10.8. The van der Waals surface area contributed by atoms with Gasteiger partial charge in [0.25, 0.3) is 0 Å². The summed E-state index contributed by atoms with van der Waals surface area (Å²) in [5, 5.41) is 3.38. The Hall–Kier alpha value is -0.770. The fourth-order valence-corrected chi connectivity index (χ4v) is 2.73. The zero-order valence-electron chi connectivity index (χ0n) is 10.6. The van der Waals surface area contributed by atoms with Crippen molar-refractivity contribution in [3.8, 4) is 0 Å². The molecule has 2 fully saturated rings. The van der Waals surface area contributed by atoms with Crippen LogP contribution >= 0.6 is 0 Å². The van der Waals surface area contributed by atoms with Gasteiger partial charge in [0.05, 0.1) is 0 Å². The van der Waals surface area contributed by atoms with Crippen molar-refractivity contribution < 1.29 is 9.53 Å². The van der Waals surface area contributed by atoms with Crippen molar-refractivity contribution in [3.63, 3.8) is 0 Å².